The van der Waals surface area contributed by atoms with Crippen molar-refractivity contribution in [2.45, 2.75) is 20.4 Å². The molecular formula is C14H16N4O3. The molecule has 0 aromatic carbocycles. The molecular weight excluding hydrogens is 272 g/mol. The van der Waals surface area contributed by atoms with Gasteiger partial charge in [-0.2, -0.15) is 0 Å². The molecule has 7 heteroatoms. The maximum absolute atomic E-state index is 12.4. The lowest BCUT2D eigenvalue weighted by atomic mass is 10.1. The van der Waals surface area contributed by atoms with Gasteiger partial charge in [0.1, 0.15) is 11.2 Å². The van der Waals surface area contributed by atoms with E-state index in [4.69, 9.17) is 5.73 Å². The number of aromatic nitrogens is 2. The number of hydrogen-bond acceptors (Lipinski definition) is 4. The van der Waals surface area contributed by atoms with Crippen molar-refractivity contribution in [3.8, 4) is 0 Å². The van der Waals surface area contributed by atoms with Crippen LogP contribution in [-0.2, 0) is 11.3 Å². The van der Waals surface area contributed by atoms with E-state index in [9.17, 15) is 14.4 Å². The van der Waals surface area contributed by atoms with E-state index >= 15 is 0 Å². The van der Waals surface area contributed by atoms with Crippen molar-refractivity contribution in [1.29, 1.82) is 0 Å². The third-order valence-corrected chi connectivity index (χ3v) is 3.07. The Morgan fingerprint density at radius 2 is 2.10 bits per heavy atom. The van der Waals surface area contributed by atoms with Crippen LogP contribution in [0.3, 0.4) is 0 Å². The van der Waals surface area contributed by atoms with Crippen molar-refractivity contribution >= 4 is 22.8 Å². The minimum atomic E-state index is -0.669. The second-order valence-corrected chi connectivity index (χ2v) is 4.63. The maximum atomic E-state index is 12.4. The first-order valence-electron chi connectivity index (χ1n) is 6.51. The molecule has 0 saturated carbocycles. The Morgan fingerprint density at radius 3 is 2.71 bits per heavy atom. The molecule has 2 aromatic heterocycles. The summed E-state index contributed by atoms with van der Waals surface area (Å²) in [5, 5.41) is 2.69. The molecule has 0 saturated heterocycles. The van der Waals surface area contributed by atoms with Gasteiger partial charge in [0.15, 0.2) is 0 Å². The fourth-order valence-corrected chi connectivity index (χ4v) is 2.03. The summed E-state index contributed by atoms with van der Waals surface area (Å²) in [6.45, 7) is 3.97. The number of nitrogens with one attached hydrogen (secondary N) is 1. The summed E-state index contributed by atoms with van der Waals surface area (Å²) in [6.07, 6.45) is 1.45. The lowest BCUT2D eigenvalue weighted by Crippen LogP contribution is -2.36. The smallest absolute Gasteiger partial charge is 0.257 e. The van der Waals surface area contributed by atoms with Crippen LogP contribution in [0.15, 0.2) is 23.1 Å². The predicted octanol–water partition coefficient (Wildman–Crippen LogP) is -0.0601. The SMILES string of the molecule is CCn1cc(C(=O)NCC(N)=O)c(=O)c2ccc(C)nc21. The summed E-state index contributed by atoms with van der Waals surface area (Å²) in [6, 6.07) is 3.37. The van der Waals surface area contributed by atoms with E-state index in [2.05, 4.69) is 10.3 Å². The topological polar surface area (TPSA) is 107 Å². The molecule has 0 fully saturated rings. The molecule has 0 spiro atoms. The van der Waals surface area contributed by atoms with Crippen LogP contribution in [0.1, 0.15) is 23.0 Å². The molecule has 2 heterocycles. The van der Waals surface area contributed by atoms with Crippen molar-refractivity contribution in [3.63, 3.8) is 0 Å². The molecule has 0 bridgehead atoms. The number of amides is 2. The number of primary amides is 1. The summed E-state index contributed by atoms with van der Waals surface area (Å²) in [4.78, 5) is 39.4. The van der Waals surface area contributed by atoms with Gasteiger partial charge in [-0.1, -0.05) is 0 Å². The molecule has 0 atom stereocenters. The van der Waals surface area contributed by atoms with Gasteiger partial charge in [0.2, 0.25) is 11.3 Å². The van der Waals surface area contributed by atoms with Gasteiger partial charge in [-0.25, -0.2) is 4.98 Å². The van der Waals surface area contributed by atoms with Gasteiger partial charge < -0.3 is 15.6 Å². The van der Waals surface area contributed by atoms with Crippen LogP contribution in [0.4, 0.5) is 0 Å². The summed E-state index contributed by atoms with van der Waals surface area (Å²) in [5.41, 5.74) is 5.85. The first-order chi connectivity index (χ1) is 9.93. The average Bonchev–Trinajstić information content (AvgIpc) is 2.45. The lowest BCUT2D eigenvalue weighted by molar-refractivity contribution is -0.117. The Balaban J connectivity index is 2.58. The molecule has 7 nitrogen and oxygen atoms in total. The van der Waals surface area contributed by atoms with Gasteiger partial charge in [-0.05, 0) is 26.0 Å². The summed E-state index contributed by atoms with van der Waals surface area (Å²) < 4.78 is 1.73. The van der Waals surface area contributed by atoms with E-state index in [-0.39, 0.29) is 12.1 Å². The van der Waals surface area contributed by atoms with E-state index in [1.165, 1.54) is 6.20 Å². The number of pyridine rings is 2. The highest BCUT2D eigenvalue weighted by molar-refractivity contribution is 5.98. The molecule has 2 aromatic rings. The van der Waals surface area contributed by atoms with Gasteiger partial charge in [0, 0.05) is 18.4 Å². The van der Waals surface area contributed by atoms with Crippen LogP contribution in [-0.4, -0.2) is 27.9 Å². The van der Waals surface area contributed by atoms with Crippen LogP contribution in [0.25, 0.3) is 11.0 Å². The largest absolute Gasteiger partial charge is 0.368 e. The molecule has 0 radical (unpaired) electrons. The van der Waals surface area contributed by atoms with Gasteiger partial charge in [-0.15, -0.1) is 0 Å². The zero-order chi connectivity index (χ0) is 15.6. The Labute approximate surface area is 120 Å². The highest BCUT2D eigenvalue weighted by atomic mass is 16.2. The minimum absolute atomic E-state index is 0.0312. The van der Waals surface area contributed by atoms with Crippen LogP contribution in [0.2, 0.25) is 0 Å². The molecule has 110 valence electrons. The van der Waals surface area contributed by atoms with E-state index in [0.717, 1.165) is 5.69 Å². The van der Waals surface area contributed by atoms with E-state index < -0.39 is 17.2 Å². The average molecular weight is 288 g/mol. The first kappa shape index (κ1) is 14.7. The molecule has 2 amide bonds. The van der Waals surface area contributed by atoms with Crippen LogP contribution < -0.4 is 16.5 Å². The Morgan fingerprint density at radius 1 is 1.38 bits per heavy atom. The summed E-state index contributed by atoms with van der Waals surface area (Å²) >= 11 is 0. The second-order valence-electron chi connectivity index (χ2n) is 4.63. The molecule has 3 N–H and O–H groups in total. The third-order valence-electron chi connectivity index (χ3n) is 3.07. The Hall–Kier alpha value is -2.70. The predicted molar refractivity (Wildman–Crippen MR) is 77.9 cm³/mol. The Kier molecular flexibility index (Phi) is 4.02. The normalized spacial score (nSPS) is 10.6. The second kappa shape index (κ2) is 5.74. The zero-order valence-electron chi connectivity index (χ0n) is 11.8. The highest BCUT2D eigenvalue weighted by Gasteiger charge is 2.16. The van der Waals surface area contributed by atoms with Crippen LogP contribution in [0.5, 0.6) is 0 Å². The van der Waals surface area contributed by atoms with E-state index in [1.807, 2.05) is 13.8 Å². The minimum Gasteiger partial charge on any atom is -0.368 e. The monoisotopic (exact) mass is 288 g/mol. The fourth-order valence-electron chi connectivity index (χ4n) is 2.03. The Bertz CT molecular complexity index is 780. The van der Waals surface area contributed by atoms with Crippen molar-refractivity contribution in [2.24, 2.45) is 5.73 Å². The van der Waals surface area contributed by atoms with Crippen LogP contribution in [0, 0.1) is 6.92 Å². The number of hydrogen-bond donors (Lipinski definition) is 2. The zero-order valence-corrected chi connectivity index (χ0v) is 11.8. The van der Waals surface area contributed by atoms with Gasteiger partial charge >= 0.3 is 0 Å². The fraction of sp³-hybridized carbons (Fsp3) is 0.286. The van der Waals surface area contributed by atoms with Gasteiger partial charge in [-0.3, -0.25) is 14.4 Å². The van der Waals surface area contributed by atoms with Crippen molar-refractivity contribution in [1.82, 2.24) is 14.9 Å². The molecule has 0 aliphatic heterocycles. The number of rotatable bonds is 4. The number of nitrogens with zero attached hydrogens (tertiary/aromatic N) is 2. The quantitative estimate of drug-likeness (QED) is 0.821. The molecule has 0 unspecified atom stereocenters. The number of nitrogens with two attached hydrogens (primary N) is 1. The van der Waals surface area contributed by atoms with Crippen LogP contribution >= 0.6 is 0 Å². The summed E-state index contributed by atoms with van der Waals surface area (Å²) in [5.74, 6) is -1.29. The lowest BCUT2D eigenvalue weighted by Gasteiger charge is -2.11. The highest BCUT2D eigenvalue weighted by Crippen LogP contribution is 2.10. The van der Waals surface area contributed by atoms with E-state index in [1.54, 1.807) is 16.7 Å². The maximum Gasteiger partial charge on any atom is 0.257 e. The standard InChI is InChI=1S/C14H16N4O3/c1-3-18-7-10(14(21)16-6-11(15)19)12(20)9-5-4-8(2)17-13(9)18/h4-5,7H,3,6H2,1-2H3,(H2,15,19)(H,16,21). The van der Waals surface area contributed by atoms with Crippen molar-refractivity contribution in [2.75, 3.05) is 6.54 Å². The van der Waals surface area contributed by atoms with E-state index in [0.29, 0.717) is 17.6 Å². The van der Waals surface area contributed by atoms with Gasteiger partial charge in [0.25, 0.3) is 5.91 Å². The first-order valence-corrected chi connectivity index (χ1v) is 6.51. The molecule has 0 aliphatic rings. The number of carbonyl (C=O) groups excluding carboxylic acids is 2. The molecule has 21 heavy (non-hydrogen) atoms. The molecule has 0 aliphatic carbocycles. The van der Waals surface area contributed by atoms with Gasteiger partial charge in [0.05, 0.1) is 11.9 Å². The van der Waals surface area contributed by atoms with Crippen molar-refractivity contribution < 1.29 is 9.59 Å². The van der Waals surface area contributed by atoms with Crippen molar-refractivity contribution in [3.05, 3.63) is 39.8 Å². The number of aryl methyl sites for hydroxylation is 2. The molecule has 2 rings (SSSR count). The third kappa shape index (κ3) is 2.91. The summed E-state index contributed by atoms with van der Waals surface area (Å²) in [7, 11) is 0. The number of carbonyl (C=O) groups is 2. The number of fused-ring (bicyclic) bond motifs is 1.